The third-order valence-corrected chi connectivity index (χ3v) is 9.15. The molecule has 2 N–H and O–H groups in total. The average molecular weight is 369 g/mol. The minimum atomic E-state index is -0.245. The SMILES string of the molecule is COc1ccc2c(c1)C13CCN(C[C@@H](C)O)C(C2)C12CCC1NC[C@@H](C2)C13. The van der Waals surface area contributed by atoms with Gasteiger partial charge in [-0.2, -0.15) is 0 Å². The molecule has 2 saturated heterocycles. The first-order chi connectivity index (χ1) is 13.1. The summed E-state index contributed by atoms with van der Waals surface area (Å²) in [5, 5.41) is 14.1. The molecule has 1 aromatic carbocycles. The van der Waals surface area contributed by atoms with Crippen LogP contribution in [0, 0.1) is 17.3 Å². The predicted molar refractivity (Wildman–Crippen MR) is 105 cm³/mol. The van der Waals surface area contributed by atoms with E-state index in [1.165, 1.54) is 32.2 Å². The maximum Gasteiger partial charge on any atom is 0.119 e. The summed E-state index contributed by atoms with van der Waals surface area (Å²) in [6.45, 7) is 5.11. The number of nitrogens with one attached hydrogen (secondary N) is 1. The monoisotopic (exact) mass is 368 g/mol. The Balaban J connectivity index is 1.57. The molecule has 6 rings (SSSR count). The Morgan fingerprint density at radius 1 is 1.37 bits per heavy atom. The van der Waals surface area contributed by atoms with Crippen molar-refractivity contribution in [3.63, 3.8) is 0 Å². The lowest BCUT2D eigenvalue weighted by atomic mass is 9.43. The highest BCUT2D eigenvalue weighted by Gasteiger charge is 2.74. The van der Waals surface area contributed by atoms with Gasteiger partial charge in [0.15, 0.2) is 0 Å². The van der Waals surface area contributed by atoms with Crippen molar-refractivity contribution in [2.24, 2.45) is 17.3 Å². The van der Waals surface area contributed by atoms with E-state index in [2.05, 4.69) is 28.4 Å². The molecule has 2 heterocycles. The number of β-amino-alcohol motifs (C(OH)–C–C–N with tert-alkyl or cyclic N) is 1. The Labute approximate surface area is 162 Å². The Morgan fingerprint density at radius 2 is 2.26 bits per heavy atom. The molecule has 4 bridgehead atoms. The molecule has 1 aromatic rings. The van der Waals surface area contributed by atoms with Crippen LogP contribution in [0.3, 0.4) is 0 Å². The van der Waals surface area contributed by atoms with Crippen LogP contribution in [-0.4, -0.2) is 54.9 Å². The van der Waals surface area contributed by atoms with Crippen LogP contribution < -0.4 is 10.1 Å². The topological polar surface area (TPSA) is 44.7 Å². The molecule has 5 aliphatic rings. The first-order valence-electron chi connectivity index (χ1n) is 10.9. The van der Waals surface area contributed by atoms with E-state index < -0.39 is 0 Å². The zero-order chi connectivity index (χ0) is 18.4. The molecular weight excluding hydrogens is 336 g/mol. The quantitative estimate of drug-likeness (QED) is 0.860. The standard InChI is InChI=1S/C23H32N2O2/c1-14(26)13-25-8-7-23-18-10-17(27-2)4-3-15(18)9-20(25)22(23)6-5-19-21(23)16(11-22)12-24-19/h3-4,10,14,16,19-21,24,26H,5-9,11-13H2,1-2H3/t14-,16-,19?,20?,21?,22?,23?/m1/s1. The van der Waals surface area contributed by atoms with Gasteiger partial charge in [0, 0.05) is 24.0 Å². The van der Waals surface area contributed by atoms with Crippen LogP contribution >= 0.6 is 0 Å². The molecule has 3 aliphatic carbocycles. The summed E-state index contributed by atoms with van der Waals surface area (Å²) in [5.41, 5.74) is 3.87. The minimum Gasteiger partial charge on any atom is -0.497 e. The number of aliphatic hydroxyl groups excluding tert-OH is 1. The highest BCUT2D eigenvalue weighted by molar-refractivity contribution is 5.50. The van der Waals surface area contributed by atoms with Crippen LogP contribution in [0.15, 0.2) is 18.2 Å². The number of likely N-dealkylation sites (tertiary alicyclic amines) is 1. The molecule has 146 valence electrons. The van der Waals surface area contributed by atoms with E-state index in [1.807, 2.05) is 6.92 Å². The molecule has 5 unspecified atom stereocenters. The van der Waals surface area contributed by atoms with E-state index in [0.717, 1.165) is 37.1 Å². The van der Waals surface area contributed by atoms with E-state index in [9.17, 15) is 5.11 Å². The summed E-state index contributed by atoms with van der Waals surface area (Å²) in [6, 6.07) is 8.18. The summed E-state index contributed by atoms with van der Waals surface area (Å²) in [7, 11) is 1.80. The minimum absolute atomic E-state index is 0.245. The van der Waals surface area contributed by atoms with E-state index >= 15 is 0 Å². The largest absolute Gasteiger partial charge is 0.497 e. The number of benzene rings is 1. The van der Waals surface area contributed by atoms with Crippen molar-refractivity contribution in [1.29, 1.82) is 0 Å². The van der Waals surface area contributed by atoms with Crippen LogP contribution in [0.2, 0.25) is 0 Å². The van der Waals surface area contributed by atoms with Gasteiger partial charge in [0.2, 0.25) is 0 Å². The van der Waals surface area contributed by atoms with Gasteiger partial charge in [-0.15, -0.1) is 0 Å². The number of nitrogens with zero attached hydrogens (tertiary/aromatic N) is 1. The molecule has 0 amide bonds. The maximum atomic E-state index is 10.2. The molecule has 0 radical (unpaired) electrons. The van der Waals surface area contributed by atoms with Gasteiger partial charge in [0.25, 0.3) is 0 Å². The zero-order valence-electron chi connectivity index (χ0n) is 16.6. The van der Waals surface area contributed by atoms with Gasteiger partial charge in [0.05, 0.1) is 13.2 Å². The number of hydrogen-bond donors (Lipinski definition) is 2. The van der Waals surface area contributed by atoms with Crippen LogP contribution in [0.4, 0.5) is 0 Å². The van der Waals surface area contributed by atoms with Crippen molar-refractivity contribution in [3.05, 3.63) is 29.3 Å². The normalized spacial score (nSPS) is 45.3. The lowest BCUT2D eigenvalue weighted by molar-refractivity contribution is -0.101. The molecule has 2 aliphatic heterocycles. The Bertz CT molecular complexity index is 780. The van der Waals surface area contributed by atoms with Crippen molar-refractivity contribution in [2.75, 3.05) is 26.7 Å². The molecule has 27 heavy (non-hydrogen) atoms. The van der Waals surface area contributed by atoms with E-state index in [4.69, 9.17) is 4.74 Å². The highest BCUT2D eigenvalue weighted by Crippen LogP contribution is 2.74. The van der Waals surface area contributed by atoms with Crippen LogP contribution in [0.5, 0.6) is 5.75 Å². The lowest BCUT2D eigenvalue weighted by Crippen LogP contribution is -2.70. The van der Waals surface area contributed by atoms with Gasteiger partial charge >= 0.3 is 0 Å². The highest BCUT2D eigenvalue weighted by atomic mass is 16.5. The predicted octanol–water partition coefficient (Wildman–Crippen LogP) is 2.33. The second-order valence-electron chi connectivity index (χ2n) is 10.0. The first kappa shape index (κ1) is 16.8. The molecule has 4 heteroatoms. The van der Waals surface area contributed by atoms with Crippen molar-refractivity contribution in [2.45, 2.75) is 62.6 Å². The molecule has 0 aromatic heterocycles. The Morgan fingerprint density at radius 3 is 3.07 bits per heavy atom. The van der Waals surface area contributed by atoms with Crippen molar-refractivity contribution in [1.82, 2.24) is 10.2 Å². The third kappa shape index (κ3) is 1.90. The number of fused-ring (bicyclic) bond motifs is 1. The number of ether oxygens (including phenoxy) is 1. The van der Waals surface area contributed by atoms with E-state index in [1.54, 1.807) is 18.2 Å². The molecule has 2 saturated carbocycles. The van der Waals surface area contributed by atoms with Gasteiger partial charge in [-0.1, -0.05) is 6.07 Å². The Kier molecular flexibility index (Phi) is 3.42. The molecule has 4 fully saturated rings. The number of rotatable bonds is 3. The maximum absolute atomic E-state index is 10.2. The Hall–Kier alpha value is -1.10. The number of aliphatic hydroxyl groups is 1. The fourth-order valence-electron chi connectivity index (χ4n) is 8.62. The third-order valence-electron chi connectivity index (χ3n) is 9.15. The smallest absolute Gasteiger partial charge is 0.119 e. The van der Waals surface area contributed by atoms with Gasteiger partial charge in [-0.3, -0.25) is 4.90 Å². The lowest BCUT2D eigenvalue weighted by Gasteiger charge is -2.66. The summed E-state index contributed by atoms with van der Waals surface area (Å²) < 4.78 is 5.67. The summed E-state index contributed by atoms with van der Waals surface area (Å²) >= 11 is 0. The number of methoxy groups -OCH3 is 1. The second-order valence-corrected chi connectivity index (χ2v) is 10.0. The second kappa shape index (κ2) is 5.49. The van der Waals surface area contributed by atoms with Gasteiger partial charge in [-0.05, 0) is 92.6 Å². The van der Waals surface area contributed by atoms with Crippen molar-refractivity contribution in [3.8, 4) is 5.75 Å². The first-order valence-corrected chi connectivity index (χ1v) is 10.9. The van der Waals surface area contributed by atoms with Crippen molar-refractivity contribution < 1.29 is 9.84 Å². The average Bonchev–Trinajstić information content (AvgIpc) is 3.13. The number of piperidine rings is 1. The van der Waals surface area contributed by atoms with Crippen LogP contribution in [0.25, 0.3) is 0 Å². The summed E-state index contributed by atoms with van der Waals surface area (Å²) in [6.07, 6.45) is 6.20. The molecule has 0 spiro atoms. The van der Waals surface area contributed by atoms with Crippen molar-refractivity contribution >= 4 is 0 Å². The zero-order valence-corrected chi connectivity index (χ0v) is 16.6. The summed E-state index contributed by atoms with van der Waals surface area (Å²) in [4.78, 5) is 2.66. The van der Waals surface area contributed by atoms with Gasteiger partial charge in [-0.25, -0.2) is 0 Å². The van der Waals surface area contributed by atoms with Gasteiger partial charge in [0.1, 0.15) is 5.75 Å². The fraction of sp³-hybridized carbons (Fsp3) is 0.739. The number of hydrogen-bond acceptors (Lipinski definition) is 4. The van der Waals surface area contributed by atoms with E-state index in [-0.39, 0.29) is 6.10 Å². The molecule has 7 atom stereocenters. The van der Waals surface area contributed by atoms with Gasteiger partial charge < -0.3 is 15.2 Å². The fourth-order valence-corrected chi connectivity index (χ4v) is 8.62. The van der Waals surface area contributed by atoms with E-state index in [0.29, 0.717) is 22.9 Å². The van der Waals surface area contributed by atoms with Crippen LogP contribution in [0.1, 0.15) is 43.7 Å². The summed E-state index contributed by atoms with van der Waals surface area (Å²) in [5.74, 6) is 2.63. The van der Waals surface area contributed by atoms with Crippen LogP contribution in [-0.2, 0) is 11.8 Å². The molecule has 4 nitrogen and oxygen atoms in total. The molecular formula is C23H32N2O2.